The molecule has 0 aliphatic carbocycles. The van der Waals surface area contributed by atoms with E-state index in [1.54, 1.807) is 0 Å². The summed E-state index contributed by atoms with van der Waals surface area (Å²) in [6, 6.07) is 0. The highest BCUT2D eigenvalue weighted by Gasteiger charge is 2.21. The Bertz CT molecular complexity index is 492. The molecule has 1 unspecified atom stereocenters. The predicted molar refractivity (Wildman–Crippen MR) is 63.6 cm³/mol. The largest absolute Gasteiger partial charge is 0.381 e. The van der Waals surface area contributed by atoms with Crippen molar-refractivity contribution < 1.29 is 13.2 Å². The van der Waals surface area contributed by atoms with Gasteiger partial charge in [0.1, 0.15) is 5.82 Å². The molecule has 0 amide bonds. The number of aromatic nitrogens is 2. The number of aryl methyl sites for hydroxylation is 1. The Morgan fingerprint density at radius 1 is 1.65 bits per heavy atom. The van der Waals surface area contributed by atoms with Crippen LogP contribution in [0.3, 0.4) is 0 Å². The van der Waals surface area contributed by atoms with Crippen molar-refractivity contribution in [2.45, 2.75) is 31.3 Å². The maximum atomic E-state index is 11.2. The Balaban J connectivity index is 2.23. The van der Waals surface area contributed by atoms with Crippen molar-refractivity contribution in [1.29, 1.82) is 0 Å². The lowest BCUT2D eigenvalue weighted by molar-refractivity contribution is 0.182. The van der Waals surface area contributed by atoms with Crippen molar-refractivity contribution in [2.24, 2.45) is 5.92 Å². The van der Waals surface area contributed by atoms with Gasteiger partial charge in [0, 0.05) is 42.4 Å². The van der Waals surface area contributed by atoms with Crippen LogP contribution in [-0.4, -0.2) is 31.2 Å². The monoisotopic (exact) mass is 278 g/mol. The second-order valence-electron chi connectivity index (χ2n) is 4.17. The summed E-state index contributed by atoms with van der Waals surface area (Å²) in [4.78, 5) is 4.04. The van der Waals surface area contributed by atoms with Gasteiger partial charge in [-0.3, -0.25) is 0 Å². The molecule has 2 rings (SSSR count). The molecule has 0 saturated carbocycles. The number of halogens is 1. The Hall–Kier alpha value is -0.590. The van der Waals surface area contributed by atoms with Crippen LogP contribution in [0.15, 0.2) is 11.2 Å². The molecule has 1 fully saturated rings. The first-order chi connectivity index (χ1) is 8.00. The lowest BCUT2D eigenvalue weighted by Crippen LogP contribution is -2.12. The molecular formula is C10H15ClN2O3S. The van der Waals surface area contributed by atoms with Gasteiger partial charge in [-0.25, -0.2) is 13.4 Å². The molecular weight excluding hydrogens is 264 g/mol. The van der Waals surface area contributed by atoms with E-state index in [1.165, 1.54) is 6.20 Å². The minimum Gasteiger partial charge on any atom is -0.381 e. The molecule has 0 N–H and O–H groups in total. The van der Waals surface area contributed by atoms with E-state index >= 15 is 0 Å². The Morgan fingerprint density at radius 2 is 2.41 bits per heavy atom. The van der Waals surface area contributed by atoms with Gasteiger partial charge in [0.25, 0.3) is 9.05 Å². The lowest BCUT2D eigenvalue weighted by Gasteiger charge is -2.10. The van der Waals surface area contributed by atoms with Crippen LogP contribution in [0.2, 0.25) is 0 Å². The highest BCUT2D eigenvalue weighted by atomic mass is 35.7. The van der Waals surface area contributed by atoms with Crippen LogP contribution in [0.1, 0.15) is 19.2 Å². The summed E-state index contributed by atoms with van der Waals surface area (Å²) in [5, 5.41) is -0.0602. The second kappa shape index (κ2) is 4.96. The first kappa shape index (κ1) is 12.9. The molecule has 7 heteroatoms. The van der Waals surface area contributed by atoms with Gasteiger partial charge in [-0.2, -0.15) is 0 Å². The number of imidazole rings is 1. The summed E-state index contributed by atoms with van der Waals surface area (Å²) in [6.45, 7) is 4.18. The maximum Gasteiger partial charge on any atom is 0.280 e. The van der Waals surface area contributed by atoms with Crippen molar-refractivity contribution in [3.63, 3.8) is 0 Å². The minimum atomic E-state index is -3.74. The molecule has 1 aromatic rings. The van der Waals surface area contributed by atoms with Crippen LogP contribution in [0, 0.1) is 5.92 Å². The average Bonchev–Trinajstić information content (AvgIpc) is 2.86. The molecule has 96 valence electrons. The third-order valence-electron chi connectivity index (χ3n) is 2.88. The van der Waals surface area contributed by atoms with Crippen LogP contribution in [-0.2, 0) is 26.8 Å². The van der Waals surface area contributed by atoms with Gasteiger partial charge in [-0.1, -0.05) is 6.92 Å². The fourth-order valence-electron chi connectivity index (χ4n) is 1.99. The molecule has 1 aliphatic heterocycles. The number of hydrogen-bond donors (Lipinski definition) is 0. The van der Waals surface area contributed by atoms with Crippen LogP contribution in [0.25, 0.3) is 0 Å². The minimum absolute atomic E-state index is 0.0602. The summed E-state index contributed by atoms with van der Waals surface area (Å²) in [6.07, 6.45) is 3.20. The standard InChI is InChI=1S/C10H15ClN2O3S/c1-2-9-12-10(17(11,14)15)6-13(9)5-8-3-4-16-7-8/h6,8H,2-5,7H2,1H3. The summed E-state index contributed by atoms with van der Waals surface area (Å²) >= 11 is 0. The summed E-state index contributed by atoms with van der Waals surface area (Å²) in [5.41, 5.74) is 0. The van der Waals surface area contributed by atoms with E-state index in [2.05, 4.69) is 4.98 Å². The molecule has 5 nitrogen and oxygen atoms in total. The van der Waals surface area contributed by atoms with E-state index in [0.717, 1.165) is 32.0 Å². The van der Waals surface area contributed by atoms with Crippen molar-refractivity contribution in [1.82, 2.24) is 9.55 Å². The molecule has 0 aromatic carbocycles. The number of ether oxygens (including phenoxy) is 1. The summed E-state index contributed by atoms with van der Waals surface area (Å²) in [7, 11) is 1.55. The van der Waals surface area contributed by atoms with E-state index in [9.17, 15) is 8.42 Å². The Labute approximate surface area is 105 Å². The zero-order valence-corrected chi connectivity index (χ0v) is 11.2. The van der Waals surface area contributed by atoms with Crippen LogP contribution in [0.4, 0.5) is 0 Å². The molecule has 1 aromatic heterocycles. The smallest absolute Gasteiger partial charge is 0.280 e. The van der Waals surface area contributed by atoms with E-state index < -0.39 is 9.05 Å². The molecule has 1 saturated heterocycles. The zero-order chi connectivity index (χ0) is 12.5. The van der Waals surface area contributed by atoms with E-state index in [0.29, 0.717) is 12.3 Å². The maximum absolute atomic E-state index is 11.2. The molecule has 2 heterocycles. The van der Waals surface area contributed by atoms with Gasteiger partial charge in [0.05, 0.1) is 6.61 Å². The average molecular weight is 279 g/mol. The van der Waals surface area contributed by atoms with Gasteiger partial charge in [0.15, 0.2) is 5.03 Å². The lowest BCUT2D eigenvalue weighted by atomic mass is 10.1. The molecule has 17 heavy (non-hydrogen) atoms. The Kier molecular flexibility index (Phi) is 3.75. The molecule has 1 aliphatic rings. The van der Waals surface area contributed by atoms with Gasteiger partial charge >= 0.3 is 0 Å². The molecule has 1 atom stereocenters. The molecule has 0 spiro atoms. The second-order valence-corrected chi connectivity index (χ2v) is 6.68. The highest BCUT2D eigenvalue weighted by molar-refractivity contribution is 8.13. The highest BCUT2D eigenvalue weighted by Crippen LogP contribution is 2.19. The van der Waals surface area contributed by atoms with Crippen LogP contribution >= 0.6 is 10.7 Å². The van der Waals surface area contributed by atoms with Crippen molar-refractivity contribution >= 4 is 19.7 Å². The van der Waals surface area contributed by atoms with Crippen molar-refractivity contribution in [2.75, 3.05) is 13.2 Å². The van der Waals surface area contributed by atoms with Crippen molar-refractivity contribution in [3.8, 4) is 0 Å². The number of rotatable bonds is 4. The predicted octanol–water partition coefficient (Wildman–Crippen LogP) is 1.41. The fraction of sp³-hybridized carbons (Fsp3) is 0.700. The number of nitrogens with zero attached hydrogens (tertiary/aromatic N) is 2. The molecule has 0 bridgehead atoms. The van der Waals surface area contributed by atoms with Gasteiger partial charge in [0.2, 0.25) is 0 Å². The third-order valence-corrected chi connectivity index (χ3v) is 4.05. The normalized spacial score (nSPS) is 20.9. The molecule has 0 radical (unpaired) electrons. The van der Waals surface area contributed by atoms with Crippen LogP contribution < -0.4 is 0 Å². The van der Waals surface area contributed by atoms with Gasteiger partial charge < -0.3 is 9.30 Å². The first-order valence-corrected chi connectivity index (χ1v) is 7.90. The fourth-order valence-corrected chi connectivity index (χ4v) is 2.68. The first-order valence-electron chi connectivity index (χ1n) is 5.59. The van der Waals surface area contributed by atoms with E-state index in [1.807, 2.05) is 11.5 Å². The van der Waals surface area contributed by atoms with Gasteiger partial charge in [-0.05, 0) is 6.42 Å². The van der Waals surface area contributed by atoms with Gasteiger partial charge in [-0.15, -0.1) is 0 Å². The SMILES string of the molecule is CCc1nc(S(=O)(=O)Cl)cn1CC1CCOC1. The topological polar surface area (TPSA) is 61.2 Å². The van der Waals surface area contributed by atoms with E-state index in [-0.39, 0.29) is 5.03 Å². The summed E-state index contributed by atoms with van der Waals surface area (Å²) in [5.74, 6) is 1.18. The number of hydrogen-bond acceptors (Lipinski definition) is 4. The Morgan fingerprint density at radius 3 is 2.94 bits per heavy atom. The van der Waals surface area contributed by atoms with Crippen LogP contribution in [0.5, 0.6) is 0 Å². The summed E-state index contributed by atoms with van der Waals surface area (Å²) < 4.78 is 29.6. The zero-order valence-electron chi connectivity index (χ0n) is 9.60. The van der Waals surface area contributed by atoms with Crippen molar-refractivity contribution in [3.05, 3.63) is 12.0 Å². The van der Waals surface area contributed by atoms with E-state index in [4.69, 9.17) is 15.4 Å². The quantitative estimate of drug-likeness (QED) is 0.782. The third kappa shape index (κ3) is 3.00.